The highest BCUT2D eigenvalue weighted by Crippen LogP contribution is 1.91. The van der Waals surface area contributed by atoms with Gasteiger partial charge < -0.3 is 15.4 Å². The third-order valence-electron chi connectivity index (χ3n) is 1.47. The standard InChI is InChI=1S/C7H11N3O3/c11-3-1-2-8-5-4-9-7(13)10-6(5)12/h4,8,11H,1-3H2,(H2,9,10,12,13). The summed E-state index contributed by atoms with van der Waals surface area (Å²) < 4.78 is 0. The second-order valence-electron chi connectivity index (χ2n) is 2.49. The first kappa shape index (κ1) is 9.53. The van der Waals surface area contributed by atoms with E-state index in [1.165, 1.54) is 6.20 Å². The van der Waals surface area contributed by atoms with Gasteiger partial charge in [0.1, 0.15) is 5.69 Å². The molecule has 0 aliphatic carbocycles. The molecule has 0 aliphatic heterocycles. The van der Waals surface area contributed by atoms with Gasteiger partial charge in [-0.2, -0.15) is 0 Å². The molecule has 0 saturated carbocycles. The highest BCUT2D eigenvalue weighted by molar-refractivity contribution is 5.36. The SMILES string of the molecule is O=c1[nH]cc(NCCCO)c(=O)[nH]1. The van der Waals surface area contributed by atoms with Gasteiger partial charge in [0.15, 0.2) is 0 Å². The molecule has 0 amide bonds. The fraction of sp³-hybridized carbons (Fsp3) is 0.429. The van der Waals surface area contributed by atoms with Crippen molar-refractivity contribution < 1.29 is 5.11 Å². The Bertz CT molecular complexity index is 368. The summed E-state index contributed by atoms with van der Waals surface area (Å²) in [6.07, 6.45) is 1.86. The van der Waals surface area contributed by atoms with Crippen LogP contribution < -0.4 is 16.6 Å². The van der Waals surface area contributed by atoms with Crippen LogP contribution in [0.3, 0.4) is 0 Å². The Hall–Kier alpha value is -1.56. The van der Waals surface area contributed by atoms with Crippen LogP contribution in [0.2, 0.25) is 0 Å². The van der Waals surface area contributed by atoms with Crippen LogP contribution in [0.4, 0.5) is 5.69 Å². The van der Waals surface area contributed by atoms with Crippen LogP contribution in [0.5, 0.6) is 0 Å². The third kappa shape index (κ3) is 2.75. The normalized spacial score (nSPS) is 9.92. The minimum atomic E-state index is -0.530. The lowest BCUT2D eigenvalue weighted by molar-refractivity contribution is 0.292. The summed E-state index contributed by atoms with van der Waals surface area (Å²) in [6, 6.07) is 0. The Labute approximate surface area is 73.6 Å². The lowest BCUT2D eigenvalue weighted by Crippen LogP contribution is -2.24. The molecule has 1 heterocycles. The minimum Gasteiger partial charge on any atom is -0.396 e. The van der Waals surface area contributed by atoms with Crippen molar-refractivity contribution in [3.63, 3.8) is 0 Å². The molecule has 0 fully saturated rings. The van der Waals surface area contributed by atoms with Crippen molar-refractivity contribution in [2.75, 3.05) is 18.5 Å². The van der Waals surface area contributed by atoms with Gasteiger partial charge in [0.25, 0.3) is 5.56 Å². The molecule has 0 aromatic carbocycles. The van der Waals surface area contributed by atoms with Crippen LogP contribution in [0.1, 0.15) is 6.42 Å². The van der Waals surface area contributed by atoms with E-state index in [4.69, 9.17) is 5.11 Å². The quantitative estimate of drug-likeness (QED) is 0.445. The maximum Gasteiger partial charge on any atom is 0.325 e. The van der Waals surface area contributed by atoms with Gasteiger partial charge in [-0.25, -0.2) is 4.79 Å². The fourth-order valence-corrected chi connectivity index (χ4v) is 0.843. The highest BCUT2D eigenvalue weighted by atomic mass is 16.3. The molecule has 1 aromatic heterocycles. The summed E-state index contributed by atoms with van der Waals surface area (Å²) in [5.74, 6) is 0. The Morgan fingerprint density at radius 1 is 1.46 bits per heavy atom. The molecular weight excluding hydrogens is 174 g/mol. The van der Waals surface area contributed by atoms with Gasteiger partial charge >= 0.3 is 5.69 Å². The van der Waals surface area contributed by atoms with Crippen molar-refractivity contribution >= 4 is 5.69 Å². The van der Waals surface area contributed by atoms with Crippen LogP contribution in [-0.4, -0.2) is 28.2 Å². The van der Waals surface area contributed by atoms with Crippen molar-refractivity contribution in [1.82, 2.24) is 9.97 Å². The van der Waals surface area contributed by atoms with E-state index in [9.17, 15) is 9.59 Å². The van der Waals surface area contributed by atoms with Crippen LogP contribution in [0.25, 0.3) is 0 Å². The van der Waals surface area contributed by atoms with Gasteiger partial charge in [-0.1, -0.05) is 0 Å². The zero-order valence-electron chi connectivity index (χ0n) is 6.96. The number of aromatic nitrogens is 2. The van der Waals surface area contributed by atoms with Gasteiger partial charge in [0.05, 0.1) is 0 Å². The van der Waals surface area contributed by atoms with Gasteiger partial charge in [-0.3, -0.25) is 9.78 Å². The van der Waals surface area contributed by atoms with Crippen molar-refractivity contribution in [3.8, 4) is 0 Å². The van der Waals surface area contributed by atoms with E-state index in [0.29, 0.717) is 18.7 Å². The molecular formula is C7H11N3O3. The van der Waals surface area contributed by atoms with Crippen LogP contribution >= 0.6 is 0 Å². The fourth-order valence-electron chi connectivity index (χ4n) is 0.843. The number of nitrogens with one attached hydrogen (secondary N) is 3. The van der Waals surface area contributed by atoms with Crippen molar-refractivity contribution in [2.24, 2.45) is 0 Å². The first-order valence-corrected chi connectivity index (χ1v) is 3.91. The molecule has 6 heteroatoms. The van der Waals surface area contributed by atoms with E-state index in [-0.39, 0.29) is 6.61 Å². The summed E-state index contributed by atoms with van der Waals surface area (Å²) in [4.78, 5) is 26.0. The van der Waals surface area contributed by atoms with Gasteiger partial charge in [-0.15, -0.1) is 0 Å². The van der Waals surface area contributed by atoms with E-state index >= 15 is 0 Å². The lowest BCUT2D eigenvalue weighted by Gasteiger charge is -2.01. The zero-order valence-corrected chi connectivity index (χ0v) is 6.96. The number of hydrogen-bond donors (Lipinski definition) is 4. The van der Waals surface area contributed by atoms with Crippen molar-refractivity contribution in [2.45, 2.75) is 6.42 Å². The molecule has 0 atom stereocenters. The maximum atomic E-state index is 11.0. The molecule has 0 aliphatic rings. The second kappa shape index (κ2) is 4.46. The topological polar surface area (TPSA) is 98.0 Å². The summed E-state index contributed by atoms with van der Waals surface area (Å²) in [6.45, 7) is 0.555. The molecule has 0 saturated heterocycles. The number of aromatic amines is 2. The van der Waals surface area contributed by atoms with Crippen molar-refractivity contribution in [1.29, 1.82) is 0 Å². The van der Waals surface area contributed by atoms with Crippen molar-refractivity contribution in [3.05, 3.63) is 27.0 Å². The zero-order chi connectivity index (χ0) is 9.68. The number of rotatable bonds is 4. The van der Waals surface area contributed by atoms with Gasteiger partial charge in [0, 0.05) is 19.3 Å². The first-order valence-electron chi connectivity index (χ1n) is 3.91. The second-order valence-corrected chi connectivity index (χ2v) is 2.49. The molecule has 1 aromatic rings. The molecule has 0 unspecified atom stereocenters. The average Bonchev–Trinajstić information content (AvgIpc) is 2.09. The number of aliphatic hydroxyl groups excluding tert-OH is 1. The van der Waals surface area contributed by atoms with Crippen LogP contribution in [-0.2, 0) is 0 Å². The smallest absolute Gasteiger partial charge is 0.325 e. The average molecular weight is 185 g/mol. The van der Waals surface area contributed by atoms with E-state index in [1.54, 1.807) is 0 Å². The molecule has 0 spiro atoms. The van der Waals surface area contributed by atoms with E-state index in [0.717, 1.165) is 0 Å². The summed E-state index contributed by atoms with van der Waals surface area (Å²) in [5.41, 5.74) is -0.688. The molecule has 1 rings (SSSR count). The minimum absolute atomic E-state index is 0.0637. The summed E-state index contributed by atoms with van der Waals surface area (Å²) >= 11 is 0. The Kier molecular flexibility index (Phi) is 3.27. The predicted octanol–water partition coefficient (Wildman–Crippen LogP) is -1.14. The predicted molar refractivity (Wildman–Crippen MR) is 47.9 cm³/mol. The van der Waals surface area contributed by atoms with Gasteiger partial charge in [0.2, 0.25) is 0 Å². The number of aliphatic hydroxyl groups is 1. The van der Waals surface area contributed by atoms with E-state index in [2.05, 4.69) is 15.3 Å². The van der Waals surface area contributed by atoms with E-state index in [1.807, 2.05) is 0 Å². The number of H-pyrrole nitrogens is 2. The molecule has 13 heavy (non-hydrogen) atoms. The summed E-state index contributed by atoms with van der Waals surface area (Å²) in [7, 11) is 0. The van der Waals surface area contributed by atoms with Crippen LogP contribution in [0, 0.1) is 0 Å². The van der Waals surface area contributed by atoms with Crippen LogP contribution in [0.15, 0.2) is 15.8 Å². The Balaban J connectivity index is 2.67. The Morgan fingerprint density at radius 2 is 2.23 bits per heavy atom. The largest absolute Gasteiger partial charge is 0.396 e. The van der Waals surface area contributed by atoms with E-state index < -0.39 is 11.2 Å². The molecule has 72 valence electrons. The highest BCUT2D eigenvalue weighted by Gasteiger charge is 1.97. The first-order chi connectivity index (χ1) is 6.24. The Morgan fingerprint density at radius 3 is 2.85 bits per heavy atom. The molecule has 4 N–H and O–H groups in total. The third-order valence-corrected chi connectivity index (χ3v) is 1.47. The monoisotopic (exact) mass is 185 g/mol. The molecule has 0 bridgehead atoms. The molecule has 6 nitrogen and oxygen atoms in total. The van der Waals surface area contributed by atoms with Gasteiger partial charge in [-0.05, 0) is 6.42 Å². The molecule has 0 radical (unpaired) electrons. The number of hydrogen-bond acceptors (Lipinski definition) is 4. The summed E-state index contributed by atoms with van der Waals surface area (Å²) in [5, 5.41) is 11.2. The maximum absolute atomic E-state index is 11.0. The lowest BCUT2D eigenvalue weighted by atomic mass is 10.4. The number of anilines is 1.